The molecule has 1 aromatic rings. The number of likely N-dealkylation sites (tertiary alicyclic amines) is 1. The molecule has 1 spiro atoms. The highest BCUT2D eigenvalue weighted by Gasteiger charge is 2.45. The van der Waals surface area contributed by atoms with Crippen molar-refractivity contribution in [2.45, 2.75) is 62.8 Å². The van der Waals surface area contributed by atoms with Gasteiger partial charge in [-0.15, -0.1) is 0 Å². The molecule has 0 radical (unpaired) electrons. The maximum atomic E-state index is 5.60. The van der Waals surface area contributed by atoms with Crippen LogP contribution in [0.2, 0.25) is 0 Å². The summed E-state index contributed by atoms with van der Waals surface area (Å²) < 4.78 is 5.60. The third kappa shape index (κ3) is 3.23. The summed E-state index contributed by atoms with van der Waals surface area (Å²) in [5.74, 6) is 1.49. The quantitative estimate of drug-likeness (QED) is 0.891. The van der Waals surface area contributed by atoms with Crippen molar-refractivity contribution in [2.24, 2.45) is 5.41 Å². The molecule has 4 aliphatic rings. The van der Waals surface area contributed by atoms with E-state index in [1.807, 2.05) is 0 Å². The molecule has 1 aromatic carbocycles. The van der Waals surface area contributed by atoms with Crippen LogP contribution in [0, 0.1) is 5.41 Å². The molecule has 1 saturated carbocycles. The molecule has 0 bridgehead atoms. The molecule has 1 aliphatic carbocycles. The van der Waals surface area contributed by atoms with Crippen LogP contribution in [0.1, 0.15) is 67.9 Å². The Balaban J connectivity index is 1.23. The number of nitrogens with one attached hydrogen (secondary N) is 1. The van der Waals surface area contributed by atoms with Gasteiger partial charge in [-0.2, -0.15) is 0 Å². The van der Waals surface area contributed by atoms with Crippen molar-refractivity contribution in [2.75, 3.05) is 39.4 Å². The molecule has 3 saturated heterocycles. The summed E-state index contributed by atoms with van der Waals surface area (Å²) in [5.41, 5.74) is 3.97. The molecule has 5 rings (SSSR count). The van der Waals surface area contributed by atoms with Crippen LogP contribution in [0.5, 0.6) is 0 Å². The van der Waals surface area contributed by atoms with Gasteiger partial charge in [-0.05, 0) is 86.4 Å². The first-order chi connectivity index (χ1) is 12.8. The van der Waals surface area contributed by atoms with Crippen LogP contribution in [0.25, 0.3) is 0 Å². The van der Waals surface area contributed by atoms with Crippen molar-refractivity contribution >= 4 is 0 Å². The summed E-state index contributed by atoms with van der Waals surface area (Å²) in [6.07, 6.45) is 9.44. The van der Waals surface area contributed by atoms with E-state index in [0.29, 0.717) is 5.41 Å². The first-order valence-corrected chi connectivity index (χ1v) is 10.9. The molecule has 1 atom stereocenters. The molecule has 0 aromatic heterocycles. The largest absolute Gasteiger partial charge is 0.381 e. The molecule has 26 heavy (non-hydrogen) atoms. The van der Waals surface area contributed by atoms with E-state index in [0.717, 1.165) is 31.1 Å². The second-order valence-electron chi connectivity index (χ2n) is 9.33. The van der Waals surface area contributed by atoms with Gasteiger partial charge < -0.3 is 15.0 Å². The SMILES string of the molecule is c1ccc(C2CCN([C@@H]3CCC4(CNC4)C3)CC2)c(C2CCOCC2)c1. The second-order valence-corrected chi connectivity index (χ2v) is 9.33. The Labute approximate surface area is 158 Å². The minimum Gasteiger partial charge on any atom is -0.381 e. The van der Waals surface area contributed by atoms with E-state index in [-0.39, 0.29) is 0 Å². The molecule has 0 amide bonds. The number of rotatable bonds is 3. The van der Waals surface area contributed by atoms with Gasteiger partial charge in [0.1, 0.15) is 0 Å². The van der Waals surface area contributed by atoms with Crippen LogP contribution in [0.4, 0.5) is 0 Å². The Morgan fingerprint density at radius 3 is 2.12 bits per heavy atom. The van der Waals surface area contributed by atoms with Gasteiger partial charge in [0, 0.05) is 32.3 Å². The third-order valence-electron chi connectivity index (χ3n) is 7.82. The van der Waals surface area contributed by atoms with E-state index in [9.17, 15) is 0 Å². The van der Waals surface area contributed by atoms with Gasteiger partial charge in [0.05, 0.1) is 0 Å². The van der Waals surface area contributed by atoms with Crippen LogP contribution < -0.4 is 5.32 Å². The maximum Gasteiger partial charge on any atom is 0.0471 e. The predicted molar refractivity (Wildman–Crippen MR) is 106 cm³/mol. The highest BCUT2D eigenvalue weighted by Crippen LogP contribution is 2.44. The Hall–Kier alpha value is -0.900. The van der Waals surface area contributed by atoms with Gasteiger partial charge in [-0.1, -0.05) is 24.3 Å². The van der Waals surface area contributed by atoms with Gasteiger partial charge in [0.25, 0.3) is 0 Å². The highest BCUT2D eigenvalue weighted by atomic mass is 16.5. The summed E-state index contributed by atoms with van der Waals surface area (Å²) in [6.45, 7) is 7.05. The molecule has 3 heteroatoms. The lowest BCUT2D eigenvalue weighted by molar-refractivity contribution is 0.0848. The van der Waals surface area contributed by atoms with Gasteiger partial charge >= 0.3 is 0 Å². The Morgan fingerprint density at radius 2 is 1.54 bits per heavy atom. The summed E-state index contributed by atoms with van der Waals surface area (Å²) in [4.78, 5) is 2.83. The fourth-order valence-electron chi connectivity index (χ4n) is 6.13. The van der Waals surface area contributed by atoms with Gasteiger partial charge in [0.15, 0.2) is 0 Å². The smallest absolute Gasteiger partial charge is 0.0471 e. The van der Waals surface area contributed by atoms with Crippen LogP contribution in [0.3, 0.4) is 0 Å². The van der Waals surface area contributed by atoms with E-state index in [4.69, 9.17) is 4.74 Å². The average molecular weight is 355 g/mol. The van der Waals surface area contributed by atoms with E-state index in [1.54, 1.807) is 11.1 Å². The summed E-state index contributed by atoms with van der Waals surface area (Å²) in [7, 11) is 0. The van der Waals surface area contributed by atoms with Crippen molar-refractivity contribution in [1.82, 2.24) is 10.2 Å². The highest BCUT2D eigenvalue weighted by molar-refractivity contribution is 5.34. The van der Waals surface area contributed by atoms with Gasteiger partial charge in [-0.25, -0.2) is 0 Å². The molecular weight excluding hydrogens is 320 g/mol. The topological polar surface area (TPSA) is 24.5 Å². The minimum absolute atomic E-state index is 0.678. The average Bonchev–Trinajstić information content (AvgIpc) is 3.15. The second kappa shape index (κ2) is 7.26. The monoisotopic (exact) mass is 354 g/mol. The normalized spacial score (nSPS) is 30.5. The molecule has 142 valence electrons. The number of hydrogen-bond donors (Lipinski definition) is 1. The lowest BCUT2D eigenvalue weighted by atomic mass is 9.79. The van der Waals surface area contributed by atoms with Crippen molar-refractivity contribution in [3.05, 3.63) is 35.4 Å². The van der Waals surface area contributed by atoms with Crippen molar-refractivity contribution in [1.29, 1.82) is 0 Å². The fourth-order valence-corrected chi connectivity index (χ4v) is 6.13. The van der Waals surface area contributed by atoms with Crippen LogP contribution in [0.15, 0.2) is 24.3 Å². The maximum absolute atomic E-state index is 5.60. The van der Waals surface area contributed by atoms with Crippen molar-refractivity contribution in [3.63, 3.8) is 0 Å². The third-order valence-corrected chi connectivity index (χ3v) is 7.82. The number of hydrogen-bond acceptors (Lipinski definition) is 3. The number of piperidine rings is 1. The zero-order valence-electron chi connectivity index (χ0n) is 16.1. The van der Waals surface area contributed by atoms with E-state index < -0.39 is 0 Å². The molecular formula is C23H34N2O. The minimum atomic E-state index is 0.678. The van der Waals surface area contributed by atoms with Crippen LogP contribution >= 0.6 is 0 Å². The van der Waals surface area contributed by atoms with Crippen molar-refractivity contribution < 1.29 is 4.74 Å². The van der Waals surface area contributed by atoms with Crippen LogP contribution in [-0.2, 0) is 4.74 Å². The van der Waals surface area contributed by atoms with Gasteiger partial charge in [-0.3, -0.25) is 0 Å². The molecule has 3 nitrogen and oxygen atoms in total. The summed E-state index contributed by atoms with van der Waals surface area (Å²) in [5, 5.41) is 3.51. The fraction of sp³-hybridized carbons (Fsp3) is 0.739. The Morgan fingerprint density at radius 1 is 0.885 bits per heavy atom. The Bertz CT molecular complexity index is 612. The lowest BCUT2D eigenvalue weighted by Crippen LogP contribution is -2.52. The number of benzene rings is 1. The van der Waals surface area contributed by atoms with Crippen molar-refractivity contribution in [3.8, 4) is 0 Å². The van der Waals surface area contributed by atoms with E-state index >= 15 is 0 Å². The number of ether oxygens (including phenoxy) is 1. The molecule has 4 fully saturated rings. The molecule has 0 unspecified atom stereocenters. The van der Waals surface area contributed by atoms with E-state index in [2.05, 4.69) is 34.5 Å². The molecule has 3 aliphatic heterocycles. The lowest BCUT2D eigenvalue weighted by Gasteiger charge is -2.42. The number of nitrogens with zero attached hydrogens (tertiary/aromatic N) is 1. The zero-order valence-corrected chi connectivity index (χ0v) is 16.1. The Kier molecular flexibility index (Phi) is 4.80. The summed E-state index contributed by atoms with van der Waals surface area (Å²) >= 11 is 0. The first-order valence-electron chi connectivity index (χ1n) is 10.9. The first kappa shape index (κ1) is 17.2. The molecule has 3 heterocycles. The zero-order chi connectivity index (χ0) is 17.4. The van der Waals surface area contributed by atoms with E-state index in [1.165, 1.54) is 71.1 Å². The van der Waals surface area contributed by atoms with Crippen LogP contribution in [-0.4, -0.2) is 50.3 Å². The standard InChI is InChI=1S/C23H34N2O/c1-2-4-22(19-8-13-26-14-9-19)21(3-1)18-6-11-25(12-7-18)20-5-10-23(15-20)16-24-17-23/h1-4,18-20,24H,5-17H2/t20-/m1/s1. The van der Waals surface area contributed by atoms with Gasteiger partial charge in [0.2, 0.25) is 0 Å². The molecule has 1 N–H and O–H groups in total. The predicted octanol–water partition coefficient (Wildman–Crippen LogP) is 3.90. The summed E-state index contributed by atoms with van der Waals surface area (Å²) in [6, 6.07) is 10.2.